The molecule has 2 aliphatic carbocycles. The molecule has 2 aromatic carbocycles. The third-order valence-electron chi connectivity index (χ3n) is 9.13. The summed E-state index contributed by atoms with van der Waals surface area (Å²) >= 11 is 0. The van der Waals surface area contributed by atoms with E-state index in [1.54, 1.807) is 6.20 Å². The second kappa shape index (κ2) is 11.7. The van der Waals surface area contributed by atoms with E-state index in [1.807, 2.05) is 51.5 Å². The first-order valence-electron chi connectivity index (χ1n) is 15.6. The van der Waals surface area contributed by atoms with Crippen LogP contribution in [0.2, 0.25) is 0 Å². The Morgan fingerprint density at radius 2 is 1.77 bits per heavy atom. The number of hydrogen-bond acceptors (Lipinski definition) is 7. The standard InChI is InChI=1S/C34H37N5O5/c1-2-5-29-28(20-22-8-10-23(11-9-22)26-6-3-4-7-27(26)31-36-33(41)44-37-31)32(40)38(30-16-19-35-39(29)30)24-12-14-25(15-13-24)43-21-34(42)17-18-34/h3-4,6-11,16,19,24-25,42H,2,5,12-15,17-18,20-21H2,1H3,(H,36,37,41)/t24-,25-. The lowest BCUT2D eigenvalue weighted by molar-refractivity contribution is -0.0387. The molecule has 0 atom stereocenters. The molecule has 228 valence electrons. The highest BCUT2D eigenvalue weighted by molar-refractivity contribution is 5.80. The molecular formula is C34H37N5O5. The van der Waals surface area contributed by atoms with Crippen LogP contribution < -0.4 is 11.3 Å². The van der Waals surface area contributed by atoms with Crippen molar-refractivity contribution in [1.29, 1.82) is 0 Å². The van der Waals surface area contributed by atoms with E-state index in [0.29, 0.717) is 18.9 Å². The average Bonchev–Trinajstić information content (AvgIpc) is 3.37. The van der Waals surface area contributed by atoms with Gasteiger partial charge in [0.1, 0.15) is 5.65 Å². The van der Waals surface area contributed by atoms with Crippen molar-refractivity contribution in [1.82, 2.24) is 24.3 Å². The summed E-state index contributed by atoms with van der Waals surface area (Å²) in [5, 5.41) is 18.7. The molecule has 10 heteroatoms. The van der Waals surface area contributed by atoms with E-state index in [9.17, 15) is 14.7 Å². The van der Waals surface area contributed by atoms with E-state index in [-0.39, 0.29) is 17.7 Å². The van der Waals surface area contributed by atoms with Gasteiger partial charge >= 0.3 is 5.76 Å². The van der Waals surface area contributed by atoms with E-state index in [0.717, 1.165) is 90.5 Å². The number of nitrogens with zero attached hydrogens (tertiary/aromatic N) is 4. The Balaban J connectivity index is 1.18. The maximum atomic E-state index is 14.3. The van der Waals surface area contributed by atoms with E-state index in [1.165, 1.54) is 0 Å². The lowest BCUT2D eigenvalue weighted by atomic mass is 9.92. The zero-order valence-electron chi connectivity index (χ0n) is 24.9. The molecule has 0 bridgehead atoms. The van der Waals surface area contributed by atoms with Crippen LogP contribution in [-0.2, 0) is 17.6 Å². The summed E-state index contributed by atoms with van der Waals surface area (Å²) in [4.78, 5) is 28.5. The predicted molar refractivity (Wildman–Crippen MR) is 166 cm³/mol. The molecule has 44 heavy (non-hydrogen) atoms. The Morgan fingerprint density at radius 3 is 2.45 bits per heavy atom. The van der Waals surface area contributed by atoms with E-state index >= 15 is 0 Å². The van der Waals surface area contributed by atoms with Crippen LogP contribution in [0.5, 0.6) is 0 Å². The van der Waals surface area contributed by atoms with Crippen LogP contribution >= 0.6 is 0 Å². The number of rotatable bonds is 10. The molecule has 0 radical (unpaired) electrons. The normalized spacial score (nSPS) is 19.4. The Kier molecular flexibility index (Phi) is 7.55. The minimum atomic E-state index is -0.611. The maximum Gasteiger partial charge on any atom is 0.439 e. The summed E-state index contributed by atoms with van der Waals surface area (Å²) in [6.07, 6.45) is 9.15. The van der Waals surface area contributed by atoms with Crippen LogP contribution in [0.25, 0.3) is 28.2 Å². The first-order valence-corrected chi connectivity index (χ1v) is 15.6. The van der Waals surface area contributed by atoms with Crippen molar-refractivity contribution in [2.75, 3.05) is 6.61 Å². The Bertz CT molecular complexity index is 1890. The molecule has 0 spiro atoms. The van der Waals surface area contributed by atoms with Gasteiger partial charge in [0, 0.05) is 29.7 Å². The SMILES string of the molecule is CCCc1c(Cc2ccc(-c3ccccc3-c3noc(=O)[nH]3)cc2)c(=O)n([C@H]2CC[C@H](OCC3(O)CC3)CC2)c2ccnn12. The maximum absolute atomic E-state index is 14.3. The zero-order chi connectivity index (χ0) is 30.3. The fourth-order valence-electron chi connectivity index (χ4n) is 6.54. The molecule has 0 amide bonds. The van der Waals surface area contributed by atoms with Crippen molar-refractivity contribution in [3.8, 4) is 22.5 Å². The molecule has 0 aliphatic heterocycles. The summed E-state index contributed by atoms with van der Waals surface area (Å²) in [5.74, 6) is -0.213. The number of aromatic nitrogens is 5. The molecule has 0 saturated heterocycles. The monoisotopic (exact) mass is 595 g/mol. The minimum Gasteiger partial charge on any atom is -0.387 e. The van der Waals surface area contributed by atoms with Crippen molar-refractivity contribution >= 4 is 5.65 Å². The van der Waals surface area contributed by atoms with E-state index in [2.05, 4.69) is 34.3 Å². The largest absolute Gasteiger partial charge is 0.439 e. The van der Waals surface area contributed by atoms with Gasteiger partial charge in [-0.15, -0.1) is 0 Å². The molecule has 2 N–H and O–H groups in total. The van der Waals surface area contributed by atoms with Crippen LogP contribution in [0.3, 0.4) is 0 Å². The molecule has 0 unspecified atom stereocenters. The van der Waals surface area contributed by atoms with Crippen molar-refractivity contribution in [3.63, 3.8) is 0 Å². The molecule has 5 aromatic rings. The first-order chi connectivity index (χ1) is 21.4. The van der Waals surface area contributed by atoms with Crippen molar-refractivity contribution in [3.05, 3.63) is 98.5 Å². The number of nitrogens with one attached hydrogen (secondary N) is 1. The van der Waals surface area contributed by atoms with Crippen LogP contribution in [0, 0.1) is 0 Å². The Labute approximate surface area is 254 Å². The molecule has 3 aromatic heterocycles. The summed E-state index contributed by atoms with van der Waals surface area (Å²) < 4.78 is 14.7. The Morgan fingerprint density at radius 1 is 1.02 bits per heavy atom. The van der Waals surface area contributed by atoms with Crippen LogP contribution in [-0.4, -0.2) is 47.7 Å². The second-order valence-electron chi connectivity index (χ2n) is 12.3. The molecule has 10 nitrogen and oxygen atoms in total. The lowest BCUT2D eigenvalue weighted by Crippen LogP contribution is -2.35. The third-order valence-corrected chi connectivity index (χ3v) is 9.13. The van der Waals surface area contributed by atoms with Gasteiger partial charge in [-0.2, -0.15) is 5.10 Å². The van der Waals surface area contributed by atoms with Gasteiger partial charge in [-0.3, -0.25) is 18.9 Å². The van der Waals surface area contributed by atoms with Gasteiger partial charge in [0.2, 0.25) is 0 Å². The van der Waals surface area contributed by atoms with Gasteiger partial charge in [0.25, 0.3) is 5.56 Å². The minimum absolute atomic E-state index is 0.0579. The highest BCUT2D eigenvalue weighted by atomic mass is 16.5. The number of aryl methyl sites for hydroxylation is 1. The number of fused-ring (bicyclic) bond motifs is 1. The lowest BCUT2D eigenvalue weighted by Gasteiger charge is -2.31. The van der Waals surface area contributed by atoms with E-state index < -0.39 is 11.4 Å². The fourth-order valence-corrected chi connectivity index (χ4v) is 6.54. The van der Waals surface area contributed by atoms with Gasteiger partial charge in [0.15, 0.2) is 5.82 Å². The summed E-state index contributed by atoms with van der Waals surface area (Å²) in [6, 6.07) is 17.9. The first kappa shape index (κ1) is 28.5. The highest BCUT2D eigenvalue weighted by Crippen LogP contribution is 2.37. The van der Waals surface area contributed by atoms with E-state index in [4.69, 9.17) is 9.26 Å². The van der Waals surface area contributed by atoms with Crippen molar-refractivity contribution in [2.45, 2.75) is 82.5 Å². The molecule has 2 fully saturated rings. The van der Waals surface area contributed by atoms with Crippen LogP contribution in [0.1, 0.15) is 74.7 Å². The molecule has 2 saturated carbocycles. The smallest absolute Gasteiger partial charge is 0.387 e. The van der Waals surface area contributed by atoms with Crippen LogP contribution in [0.4, 0.5) is 0 Å². The van der Waals surface area contributed by atoms with Gasteiger partial charge in [-0.1, -0.05) is 67.0 Å². The quantitative estimate of drug-likeness (QED) is 0.231. The average molecular weight is 596 g/mol. The van der Waals surface area contributed by atoms with Gasteiger partial charge in [-0.25, -0.2) is 9.31 Å². The molecule has 3 heterocycles. The van der Waals surface area contributed by atoms with Gasteiger partial charge in [-0.05, 0) is 61.6 Å². The number of aromatic amines is 1. The number of ether oxygens (including phenoxy) is 1. The summed E-state index contributed by atoms with van der Waals surface area (Å²) in [7, 11) is 0. The topological polar surface area (TPSA) is 128 Å². The highest BCUT2D eigenvalue weighted by Gasteiger charge is 2.41. The molecular weight excluding hydrogens is 558 g/mol. The predicted octanol–water partition coefficient (Wildman–Crippen LogP) is 5.07. The third kappa shape index (κ3) is 5.55. The molecule has 2 aliphatic rings. The van der Waals surface area contributed by atoms with Crippen molar-refractivity contribution < 1.29 is 14.4 Å². The Hall–Kier alpha value is -4.28. The number of hydrogen-bond donors (Lipinski definition) is 2. The van der Waals surface area contributed by atoms with Crippen LogP contribution in [0.15, 0.2) is 74.9 Å². The van der Waals surface area contributed by atoms with Gasteiger partial charge in [0.05, 0.1) is 30.2 Å². The number of H-pyrrole nitrogens is 1. The summed E-state index contributed by atoms with van der Waals surface area (Å²) in [5.41, 5.74) is 5.73. The zero-order valence-corrected chi connectivity index (χ0v) is 24.9. The number of aliphatic hydroxyl groups is 1. The number of benzene rings is 2. The molecule has 7 rings (SSSR count). The van der Waals surface area contributed by atoms with Gasteiger partial charge < -0.3 is 9.84 Å². The van der Waals surface area contributed by atoms with Crippen molar-refractivity contribution in [2.24, 2.45) is 0 Å². The fraction of sp³-hybridized carbons (Fsp3) is 0.412. The summed E-state index contributed by atoms with van der Waals surface area (Å²) in [6.45, 7) is 2.54. The second-order valence-corrected chi connectivity index (χ2v) is 12.3.